The normalized spacial score (nSPS) is 10.9. The van der Waals surface area contributed by atoms with Crippen molar-refractivity contribution in [3.05, 3.63) is 58.2 Å². The molecule has 0 aliphatic heterocycles. The molecule has 6 nitrogen and oxygen atoms in total. The molecule has 0 aliphatic rings. The van der Waals surface area contributed by atoms with Crippen LogP contribution in [0.4, 0.5) is 4.39 Å². The lowest BCUT2D eigenvalue weighted by Gasteiger charge is -1.94. The van der Waals surface area contributed by atoms with Crippen molar-refractivity contribution in [2.24, 2.45) is 0 Å². The molecule has 2 heterocycles. The van der Waals surface area contributed by atoms with Gasteiger partial charge in [0.15, 0.2) is 0 Å². The summed E-state index contributed by atoms with van der Waals surface area (Å²) in [5, 5.41) is 7.83. The molecule has 0 unspecified atom stereocenters. The molecule has 0 aliphatic carbocycles. The summed E-state index contributed by atoms with van der Waals surface area (Å²) in [6.45, 7) is 1.91. The van der Waals surface area contributed by atoms with Gasteiger partial charge in [-0.25, -0.2) is 9.18 Å². The van der Waals surface area contributed by atoms with Gasteiger partial charge in [0.2, 0.25) is 5.89 Å². The Balaban J connectivity index is 1.91. The molecule has 0 saturated carbocycles. The molecule has 0 amide bonds. The highest BCUT2D eigenvalue weighted by atomic mass is 19.1. The molecule has 102 valence electrons. The standard InChI is InChI=1S/C13H10FN3O3/c1-8-6-11(16-20-8)7-17-13(18)19-12(15-17)9-2-4-10(14)5-3-9/h2-6H,7H2,1H3. The minimum atomic E-state index is -0.607. The average Bonchev–Trinajstić information content (AvgIpc) is 2.98. The maximum absolute atomic E-state index is 12.8. The first-order chi connectivity index (χ1) is 9.61. The van der Waals surface area contributed by atoms with Crippen molar-refractivity contribution in [1.29, 1.82) is 0 Å². The molecular formula is C13H10FN3O3. The van der Waals surface area contributed by atoms with Crippen LogP contribution >= 0.6 is 0 Å². The molecule has 7 heteroatoms. The maximum atomic E-state index is 12.8. The van der Waals surface area contributed by atoms with Gasteiger partial charge in [-0.15, -0.1) is 5.10 Å². The number of hydrogen-bond donors (Lipinski definition) is 0. The lowest BCUT2D eigenvalue weighted by molar-refractivity contribution is 0.386. The van der Waals surface area contributed by atoms with E-state index in [-0.39, 0.29) is 18.3 Å². The zero-order valence-corrected chi connectivity index (χ0v) is 10.5. The minimum absolute atomic E-state index is 0.134. The molecule has 0 atom stereocenters. The van der Waals surface area contributed by atoms with Gasteiger partial charge in [-0.2, -0.15) is 4.68 Å². The zero-order valence-electron chi connectivity index (χ0n) is 10.5. The second-order valence-corrected chi connectivity index (χ2v) is 4.27. The van der Waals surface area contributed by atoms with Gasteiger partial charge in [0, 0.05) is 11.6 Å². The second kappa shape index (κ2) is 4.76. The van der Waals surface area contributed by atoms with Crippen molar-refractivity contribution in [3.63, 3.8) is 0 Å². The fourth-order valence-corrected chi connectivity index (χ4v) is 1.76. The predicted molar refractivity (Wildman–Crippen MR) is 66.5 cm³/mol. The number of aryl methyl sites for hydroxylation is 1. The quantitative estimate of drug-likeness (QED) is 0.730. The molecule has 0 spiro atoms. The van der Waals surface area contributed by atoms with Crippen LogP contribution in [0.2, 0.25) is 0 Å². The Hall–Kier alpha value is -2.70. The molecule has 2 aromatic heterocycles. The lowest BCUT2D eigenvalue weighted by atomic mass is 10.2. The Kier molecular flexibility index (Phi) is 2.94. The first-order valence-corrected chi connectivity index (χ1v) is 5.88. The van der Waals surface area contributed by atoms with Gasteiger partial charge in [-0.05, 0) is 31.2 Å². The second-order valence-electron chi connectivity index (χ2n) is 4.27. The molecule has 0 saturated heterocycles. The summed E-state index contributed by atoms with van der Waals surface area (Å²) in [6.07, 6.45) is 0. The minimum Gasteiger partial charge on any atom is -0.388 e. The third-order valence-electron chi connectivity index (χ3n) is 2.69. The van der Waals surface area contributed by atoms with E-state index in [2.05, 4.69) is 10.3 Å². The molecule has 0 N–H and O–H groups in total. The maximum Gasteiger partial charge on any atom is 0.437 e. The summed E-state index contributed by atoms with van der Waals surface area (Å²) in [6, 6.07) is 7.24. The van der Waals surface area contributed by atoms with Gasteiger partial charge in [0.05, 0.1) is 6.54 Å². The first-order valence-electron chi connectivity index (χ1n) is 5.88. The Morgan fingerprint density at radius 3 is 2.70 bits per heavy atom. The van der Waals surface area contributed by atoms with Crippen LogP contribution in [0, 0.1) is 12.7 Å². The van der Waals surface area contributed by atoms with Crippen LogP contribution in [-0.2, 0) is 6.54 Å². The molecule has 20 heavy (non-hydrogen) atoms. The highest BCUT2D eigenvalue weighted by Crippen LogP contribution is 2.15. The van der Waals surface area contributed by atoms with Crippen LogP contribution in [0.25, 0.3) is 11.5 Å². The van der Waals surface area contributed by atoms with Crippen LogP contribution in [0.3, 0.4) is 0 Å². The van der Waals surface area contributed by atoms with Crippen LogP contribution in [-0.4, -0.2) is 14.9 Å². The third kappa shape index (κ3) is 2.37. The van der Waals surface area contributed by atoms with Crippen molar-refractivity contribution in [1.82, 2.24) is 14.9 Å². The van der Waals surface area contributed by atoms with Crippen molar-refractivity contribution in [3.8, 4) is 11.5 Å². The van der Waals surface area contributed by atoms with Crippen LogP contribution in [0.15, 0.2) is 44.1 Å². The highest BCUT2D eigenvalue weighted by Gasteiger charge is 2.12. The third-order valence-corrected chi connectivity index (χ3v) is 2.69. The molecule has 0 bridgehead atoms. The molecule has 3 rings (SSSR count). The number of hydrogen-bond acceptors (Lipinski definition) is 5. The van der Waals surface area contributed by atoms with Gasteiger partial charge >= 0.3 is 5.76 Å². The molecule has 1 aromatic carbocycles. The van der Waals surface area contributed by atoms with E-state index in [9.17, 15) is 9.18 Å². The summed E-state index contributed by atoms with van der Waals surface area (Å²) in [7, 11) is 0. The summed E-state index contributed by atoms with van der Waals surface area (Å²) in [5.41, 5.74) is 1.10. The Labute approximate surface area is 112 Å². The summed E-state index contributed by atoms with van der Waals surface area (Å²) in [5.74, 6) is -0.191. The van der Waals surface area contributed by atoms with E-state index in [0.29, 0.717) is 17.0 Å². The van der Waals surface area contributed by atoms with Crippen LogP contribution < -0.4 is 5.76 Å². The van der Waals surface area contributed by atoms with E-state index in [1.165, 1.54) is 24.3 Å². The molecule has 0 fully saturated rings. The van der Waals surface area contributed by atoms with E-state index >= 15 is 0 Å². The van der Waals surface area contributed by atoms with Crippen molar-refractivity contribution < 1.29 is 13.3 Å². The molecular weight excluding hydrogens is 265 g/mol. The van der Waals surface area contributed by atoms with Crippen molar-refractivity contribution >= 4 is 0 Å². The summed E-state index contributed by atoms with van der Waals surface area (Å²) < 4.78 is 23.9. The fraction of sp³-hybridized carbons (Fsp3) is 0.154. The van der Waals surface area contributed by atoms with E-state index in [4.69, 9.17) is 8.94 Å². The number of halogens is 1. The fourth-order valence-electron chi connectivity index (χ4n) is 1.76. The Morgan fingerprint density at radius 2 is 2.05 bits per heavy atom. The summed E-state index contributed by atoms with van der Waals surface area (Å²) in [4.78, 5) is 11.7. The van der Waals surface area contributed by atoms with Gasteiger partial charge < -0.3 is 8.94 Å². The highest BCUT2D eigenvalue weighted by molar-refractivity contribution is 5.51. The van der Waals surface area contributed by atoms with Gasteiger partial charge in [0.25, 0.3) is 0 Å². The molecule has 3 aromatic rings. The van der Waals surface area contributed by atoms with E-state index < -0.39 is 5.76 Å². The van der Waals surface area contributed by atoms with Crippen LogP contribution in [0.5, 0.6) is 0 Å². The van der Waals surface area contributed by atoms with Gasteiger partial charge in [0.1, 0.15) is 17.3 Å². The van der Waals surface area contributed by atoms with E-state index in [1.54, 1.807) is 13.0 Å². The first kappa shape index (κ1) is 12.3. The topological polar surface area (TPSA) is 74.1 Å². The van der Waals surface area contributed by atoms with Crippen LogP contribution in [0.1, 0.15) is 11.5 Å². The number of aromatic nitrogens is 3. The van der Waals surface area contributed by atoms with Crippen molar-refractivity contribution in [2.45, 2.75) is 13.5 Å². The SMILES string of the molecule is Cc1cc(Cn2nc(-c3ccc(F)cc3)oc2=O)no1. The van der Waals surface area contributed by atoms with E-state index in [0.717, 1.165) is 4.68 Å². The predicted octanol–water partition coefficient (Wildman–Crippen LogP) is 1.99. The number of rotatable bonds is 3. The number of nitrogens with zero attached hydrogens (tertiary/aromatic N) is 3. The van der Waals surface area contributed by atoms with E-state index in [1.807, 2.05) is 0 Å². The van der Waals surface area contributed by atoms with Crippen molar-refractivity contribution in [2.75, 3.05) is 0 Å². The smallest absolute Gasteiger partial charge is 0.388 e. The lowest BCUT2D eigenvalue weighted by Crippen LogP contribution is -2.16. The average molecular weight is 275 g/mol. The van der Waals surface area contributed by atoms with Gasteiger partial charge in [-0.3, -0.25) is 0 Å². The largest absolute Gasteiger partial charge is 0.437 e. The molecule has 0 radical (unpaired) electrons. The summed E-state index contributed by atoms with van der Waals surface area (Å²) >= 11 is 0. The number of benzene rings is 1. The Bertz CT molecular complexity index is 786. The monoisotopic (exact) mass is 275 g/mol. The zero-order chi connectivity index (χ0) is 14.1. The van der Waals surface area contributed by atoms with Gasteiger partial charge in [-0.1, -0.05) is 5.16 Å². The Morgan fingerprint density at radius 1 is 1.30 bits per heavy atom.